The summed E-state index contributed by atoms with van der Waals surface area (Å²) in [5.41, 5.74) is 6.21. The highest BCUT2D eigenvalue weighted by Gasteiger charge is 2.21. The van der Waals surface area contributed by atoms with Crippen molar-refractivity contribution in [2.75, 3.05) is 6.61 Å². The third-order valence-corrected chi connectivity index (χ3v) is 6.04. The van der Waals surface area contributed by atoms with Crippen LogP contribution in [0.3, 0.4) is 0 Å². The molecule has 4 aromatic rings. The van der Waals surface area contributed by atoms with Crippen LogP contribution in [0.5, 0.6) is 0 Å². The Balaban J connectivity index is 1.56. The van der Waals surface area contributed by atoms with Gasteiger partial charge in [0.2, 0.25) is 0 Å². The van der Waals surface area contributed by atoms with Gasteiger partial charge in [-0.15, -0.1) is 0 Å². The Bertz CT molecular complexity index is 1380. The highest BCUT2D eigenvalue weighted by atomic mass is 16.5. The molecular weight excluding hydrogens is 440 g/mol. The van der Waals surface area contributed by atoms with Crippen LogP contribution < -0.4 is 0 Å². The Morgan fingerprint density at radius 3 is 2.46 bits per heavy atom. The minimum absolute atomic E-state index is 0.000768. The number of aliphatic carboxylic acids is 1. The van der Waals surface area contributed by atoms with Crippen molar-refractivity contribution in [1.29, 1.82) is 0 Å². The van der Waals surface area contributed by atoms with Gasteiger partial charge in [0.25, 0.3) is 0 Å². The number of hydrogen-bond acceptors (Lipinski definition) is 4. The quantitative estimate of drug-likeness (QED) is 0.331. The zero-order valence-corrected chi connectivity index (χ0v) is 20.1. The lowest BCUT2D eigenvalue weighted by Gasteiger charge is -2.09. The fourth-order valence-corrected chi connectivity index (χ4v) is 4.00. The minimum Gasteiger partial charge on any atom is -0.479 e. The Morgan fingerprint density at radius 2 is 1.77 bits per heavy atom. The SMILES string of the molecule is Cc1ccc(C(=O)c2c(C)n(Cc3ccc(/C=C/CO[C@H](C)C(=O)O)cc3)c3ncccc23)cc1. The minimum atomic E-state index is -0.978. The van der Waals surface area contributed by atoms with Crippen molar-refractivity contribution in [3.63, 3.8) is 0 Å². The van der Waals surface area contributed by atoms with E-state index in [9.17, 15) is 9.59 Å². The van der Waals surface area contributed by atoms with Gasteiger partial charge in [-0.2, -0.15) is 0 Å². The number of benzene rings is 2. The Labute approximate surface area is 204 Å². The van der Waals surface area contributed by atoms with E-state index in [1.807, 2.05) is 80.6 Å². The van der Waals surface area contributed by atoms with Crippen molar-refractivity contribution in [2.24, 2.45) is 0 Å². The predicted octanol–water partition coefficient (Wildman–Crippen LogP) is 5.44. The van der Waals surface area contributed by atoms with E-state index >= 15 is 0 Å². The first kappa shape index (κ1) is 24.1. The van der Waals surface area contributed by atoms with Crippen molar-refractivity contribution in [2.45, 2.75) is 33.4 Å². The summed E-state index contributed by atoms with van der Waals surface area (Å²) in [7, 11) is 0. The molecule has 35 heavy (non-hydrogen) atoms. The highest BCUT2D eigenvalue weighted by Crippen LogP contribution is 2.28. The summed E-state index contributed by atoms with van der Waals surface area (Å²) in [5, 5.41) is 9.71. The van der Waals surface area contributed by atoms with Gasteiger partial charge >= 0.3 is 5.97 Å². The van der Waals surface area contributed by atoms with Gasteiger partial charge in [0.15, 0.2) is 11.9 Å². The van der Waals surface area contributed by atoms with E-state index in [-0.39, 0.29) is 12.4 Å². The smallest absolute Gasteiger partial charge is 0.332 e. The first-order valence-corrected chi connectivity index (χ1v) is 11.5. The van der Waals surface area contributed by atoms with E-state index in [1.165, 1.54) is 6.92 Å². The monoisotopic (exact) mass is 468 g/mol. The van der Waals surface area contributed by atoms with Crippen LogP contribution >= 0.6 is 0 Å². The molecule has 0 saturated carbocycles. The molecule has 0 aliphatic rings. The Kier molecular flexibility index (Phi) is 7.22. The number of pyridine rings is 1. The lowest BCUT2D eigenvalue weighted by atomic mass is 10.0. The molecule has 1 N–H and O–H groups in total. The zero-order chi connectivity index (χ0) is 24.9. The molecule has 0 unspecified atom stereocenters. The maximum Gasteiger partial charge on any atom is 0.332 e. The molecule has 6 heteroatoms. The molecule has 0 radical (unpaired) electrons. The van der Waals surface area contributed by atoms with Gasteiger partial charge < -0.3 is 14.4 Å². The molecule has 0 amide bonds. The summed E-state index contributed by atoms with van der Waals surface area (Å²) in [6, 6.07) is 19.5. The maximum absolute atomic E-state index is 13.4. The molecule has 2 aromatic carbocycles. The van der Waals surface area contributed by atoms with Crippen molar-refractivity contribution in [3.8, 4) is 0 Å². The van der Waals surface area contributed by atoms with E-state index in [4.69, 9.17) is 9.84 Å². The molecular formula is C29H28N2O4. The second-order valence-electron chi connectivity index (χ2n) is 8.57. The molecule has 1 atom stereocenters. The van der Waals surface area contributed by atoms with Crippen molar-refractivity contribution in [3.05, 3.63) is 106 Å². The van der Waals surface area contributed by atoms with E-state index in [0.717, 1.165) is 33.4 Å². The van der Waals surface area contributed by atoms with Crippen LogP contribution in [0.2, 0.25) is 0 Å². The fraction of sp³-hybridized carbons (Fsp3) is 0.207. The number of aromatic nitrogens is 2. The van der Waals surface area contributed by atoms with Crippen LogP contribution in [0, 0.1) is 13.8 Å². The number of carboxylic acid groups (broad SMARTS) is 1. The first-order chi connectivity index (χ1) is 16.8. The standard InChI is InChI=1S/C29H28N2O4/c1-19-8-14-24(15-9-19)27(32)26-20(2)31(28-25(26)7-4-16-30-28)18-23-12-10-22(11-13-23)6-5-17-35-21(3)29(33)34/h4-16,21H,17-18H2,1-3H3,(H,33,34)/b6-5+/t21-/m1/s1. The van der Waals surface area contributed by atoms with Gasteiger partial charge in [0, 0.05) is 29.4 Å². The summed E-state index contributed by atoms with van der Waals surface area (Å²) in [5.74, 6) is -0.979. The summed E-state index contributed by atoms with van der Waals surface area (Å²) in [6.45, 7) is 6.30. The molecule has 2 aromatic heterocycles. The van der Waals surface area contributed by atoms with E-state index in [2.05, 4.69) is 9.55 Å². The molecule has 0 aliphatic carbocycles. The number of fused-ring (bicyclic) bond motifs is 1. The number of hydrogen-bond donors (Lipinski definition) is 1. The molecule has 4 rings (SSSR count). The summed E-state index contributed by atoms with van der Waals surface area (Å²) in [6.07, 6.45) is 4.61. The van der Waals surface area contributed by atoms with Crippen LogP contribution in [0.15, 0.2) is 72.9 Å². The molecule has 178 valence electrons. The largest absolute Gasteiger partial charge is 0.479 e. The zero-order valence-electron chi connectivity index (χ0n) is 20.1. The second kappa shape index (κ2) is 10.5. The molecule has 0 spiro atoms. The van der Waals surface area contributed by atoms with E-state index < -0.39 is 12.1 Å². The lowest BCUT2D eigenvalue weighted by Crippen LogP contribution is -2.19. The normalized spacial score (nSPS) is 12.3. The van der Waals surface area contributed by atoms with Gasteiger partial charge in [-0.05, 0) is 44.0 Å². The molecule has 0 bridgehead atoms. The number of rotatable bonds is 9. The van der Waals surface area contributed by atoms with Gasteiger partial charge in [0.1, 0.15) is 5.65 Å². The number of carboxylic acids is 1. The second-order valence-corrected chi connectivity index (χ2v) is 8.57. The summed E-state index contributed by atoms with van der Waals surface area (Å²) >= 11 is 0. The highest BCUT2D eigenvalue weighted by molar-refractivity contribution is 6.17. The predicted molar refractivity (Wildman–Crippen MR) is 137 cm³/mol. The fourth-order valence-electron chi connectivity index (χ4n) is 4.00. The van der Waals surface area contributed by atoms with Gasteiger partial charge in [-0.3, -0.25) is 4.79 Å². The number of nitrogens with zero attached hydrogens (tertiary/aromatic N) is 2. The van der Waals surface area contributed by atoms with Crippen molar-refractivity contribution >= 4 is 28.9 Å². The average Bonchev–Trinajstić information content (AvgIpc) is 3.13. The van der Waals surface area contributed by atoms with E-state index in [1.54, 1.807) is 12.3 Å². The van der Waals surface area contributed by atoms with Crippen molar-refractivity contribution in [1.82, 2.24) is 9.55 Å². The lowest BCUT2D eigenvalue weighted by molar-refractivity contribution is -0.148. The third kappa shape index (κ3) is 5.39. The molecule has 0 saturated heterocycles. The topological polar surface area (TPSA) is 81.4 Å². The van der Waals surface area contributed by atoms with Crippen LogP contribution in [0.1, 0.15) is 45.2 Å². The molecule has 2 heterocycles. The molecule has 0 fully saturated rings. The number of carbonyl (C=O) groups excluding carboxylic acids is 1. The number of aryl methyl sites for hydroxylation is 1. The number of ether oxygens (including phenoxy) is 1. The number of ketones is 1. The summed E-state index contributed by atoms with van der Waals surface area (Å²) in [4.78, 5) is 28.8. The average molecular weight is 469 g/mol. The molecule has 0 aliphatic heterocycles. The van der Waals surface area contributed by atoms with Gasteiger partial charge in [0.05, 0.1) is 12.2 Å². The van der Waals surface area contributed by atoms with Crippen LogP contribution in [0.25, 0.3) is 17.1 Å². The maximum atomic E-state index is 13.4. The summed E-state index contributed by atoms with van der Waals surface area (Å²) < 4.78 is 7.30. The Morgan fingerprint density at radius 1 is 1.06 bits per heavy atom. The Hall–Kier alpha value is -4.03. The van der Waals surface area contributed by atoms with Crippen molar-refractivity contribution < 1.29 is 19.4 Å². The van der Waals surface area contributed by atoms with Gasteiger partial charge in [-0.25, -0.2) is 9.78 Å². The van der Waals surface area contributed by atoms with Crippen LogP contribution in [0.4, 0.5) is 0 Å². The van der Waals surface area contributed by atoms with Crippen LogP contribution in [-0.2, 0) is 16.1 Å². The van der Waals surface area contributed by atoms with Crippen LogP contribution in [-0.4, -0.2) is 39.1 Å². The number of carbonyl (C=O) groups is 2. The first-order valence-electron chi connectivity index (χ1n) is 11.5. The molecule has 6 nitrogen and oxygen atoms in total. The van der Waals surface area contributed by atoms with Gasteiger partial charge in [-0.1, -0.05) is 66.2 Å². The third-order valence-electron chi connectivity index (χ3n) is 6.04. The van der Waals surface area contributed by atoms with E-state index in [0.29, 0.717) is 17.7 Å².